The summed E-state index contributed by atoms with van der Waals surface area (Å²) in [6, 6.07) is 4.04. The van der Waals surface area contributed by atoms with Crippen LogP contribution >= 0.6 is 11.6 Å². The summed E-state index contributed by atoms with van der Waals surface area (Å²) in [6.45, 7) is 3.87. The van der Waals surface area contributed by atoms with Crippen molar-refractivity contribution in [1.29, 1.82) is 0 Å². The number of nitrogens with one attached hydrogen (secondary N) is 1. The predicted octanol–water partition coefficient (Wildman–Crippen LogP) is 2.20. The average molecular weight is 403 g/mol. The van der Waals surface area contributed by atoms with Crippen LogP contribution in [0.2, 0.25) is 5.02 Å². The molecule has 1 aliphatic heterocycles. The fourth-order valence-corrected chi connectivity index (χ4v) is 4.77. The lowest BCUT2D eigenvalue weighted by Gasteiger charge is -2.26. The van der Waals surface area contributed by atoms with Crippen molar-refractivity contribution in [3.05, 3.63) is 28.8 Å². The van der Waals surface area contributed by atoms with E-state index in [1.807, 2.05) is 0 Å². The Morgan fingerprint density at radius 1 is 1.19 bits per heavy atom. The minimum Gasteiger partial charge on any atom is -0.467 e. The van der Waals surface area contributed by atoms with Crippen LogP contribution in [0.3, 0.4) is 0 Å². The quantitative estimate of drug-likeness (QED) is 0.762. The van der Waals surface area contributed by atoms with Crippen molar-refractivity contribution in [3.8, 4) is 0 Å². The zero-order chi connectivity index (χ0) is 19.5. The Balaban J connectivity index is 2.32. The number of hydrogen-bond acceptors (Lipinski definition) is 5. The third-order valence-corrected chi connectivity index (χ3v) is 6.63. The van der Waals surface area contributed by atoms with Gasteiger partial charge in [-0.1, -0.05) is 18.0 Å². The molecular formula is C17H23ClN2O5S. The van der Waals surface area contributed by atoms with Crippen molar-refractivity contribution < 1.29 is 22.7 Å². The SMILES string of the molecule is COC(=O)C(C)(C)NC(=O)c1ccc(Cl)c(S(=O)(=O)N2CCCCC2)c1. The second-order valence-electron chi connectivity index (χ2n) is 6.68. The Morgan fingerprint density at radius 3 is 2.38 bits per heavy atom. The molecular weight excluding hydrogens is 380 g/mol. The van der Waals surface area contributed by atoms with E-state index in [0.29, 0.717) is 13.1 Å². The van der Waals surface area contributed by atoms with Crippen molar-refractivity contribution in [2.75, 3.05) is 20.2 Å². The zero-order valence-electron chi connectivity index (χ0n) is 15.0. The van der Waals surface area contributed by atoms with Gasteiger partial charge < -0.3 is 10.1 Å². The first-order chi connectivity index (χ1) is 12.1. The standard InChI is InChI=1S/C17H23ClN2O5S/c1-17(2,16(22)25-3)19-15(21)12-7-8-13(18)14(11-12)26(23,24)20-9-5-4-6-10-20/h7-8,11H,4-6,9-10H2,1-3H3,(H,19,21). The number of nitrogens with zero attached hydrogens (tertiary/aromatic N) is 1. The summed E-state index contributed by atoms with van der Waals surface area (Å²) in [6.07, 6.45) is 2.58. The van der Waals surface area contributed by atoms with E-state index in [2.05, 4.69) is 10.1 Å². The minimum atomic E-state index is -3.78. The molecule has 0 unspecified atom stereocenters. The molecule has 1 aromatic rings. The van der Waals surface area contributed by atoms with Crippen molar-refractivity contribution in [2.45, 2.75) is 43.5 Å². The van der Waals surface area contributed by atoms with Gasteiger partial charge in [0, 0.05) is 18.7 Å². The van der Waals surface area contributed by atoms with Crippen LogP contribution in [-0.4, -0.2) is 50.3 Å². The molecule has 1 fully saturated rings. The van der Waals surface area contributed by atoms with E-state index in [4.69, 9.17) is 11.6 Å². The number of carbonyl (C=O) groups is 2. The smallest absolute Gasteiger partial charge is 0.330 e. The van der Waals surface area contributed by atoms with Crippen LogP contribution < -0.4 is 5.32 Å². The maximum Gasteiger partial charge on any atom is 0.330 e. The highest BCUT2D eigenvalue weighted by molar-refractivity contribution is 7.89. The van der Waals surface area contributed by atoms with Gasteiger partial charge >= 0.3 is 5.97 Å². The van der Waals surface area contributed by atoms with Crippen molar-refractivity contribution in [2.24, 2.45) is 0 Å². The highest BCUT2D eigenvalue weighted by atomic mass is 35.5. The second-order valence-corrected chi connectivity index (χ2v) is 8.99. The van der Waals surface area contributed by atoms with Gasteiger partial charge in [-0.25, -0.2) is 13.2 Å². The first-order valence-corrected chi connectivity index (χ1v) is 10.1. The molecule has 0 atom stereocenters. The number of benzene rings is 1. The van der Waals surface area contributed by atoms with Crippen LogP contribution in [0.5, 0.6) is 0 Å². The van der Waals surface area contributed by atoms with Gasteiger partial charge in [0.25, 0.3) is 5.91 Å². The molecule has 0 bridgehead atoms. The van der Waals surface area contributed by atoms with E-state index in [1.165, 1.54) is 43.5 Å². The summed E-state index contributed by atoms with van der Waals surface area (Å²) in [5, 5.41) is 2.59. The molecule has 1 saturated heterocycles. The number of rotatable bonds is 5. The summed E-state index contributed by atoms with van der Waals surface area (Å²) in [5.41, 5.74) is -1.15. The number of hydrogen-bond donors (Lipinski definition) is 1. The second kappa shape index (κ2) is 7.94. The fourth-order valence-electron chi connectivity index (χ4n) is 2.75. The van der Waals surface area contributed by atoms with Crippen LogP contribution in [0.4, 0.5) is 0 Å². The van der Waals surface area contributed by atoms with Gasteiger partial charge in [0.05, 0.1) is 12.1 Å². The number of esters is 1. The number of carbonyl (C=O) groups excluding carboxylic acids is 2. The molecule has 1 aromatic carbocycles. The monoisotopic (exact) mass is 402 g/mol. The van der Waals surface area contributed by atoms with E-state index < -0.39 is 27.4 Å². The third-order valence-electron chi connectivity index (χ3n) is 4.25. The molecule has 1 N–H and O–H groups in total. The van der Waals surface area contributed by atoms with Crippen LogP contribution in [-0.2, 0) is 19.6 Å². The van der Waals surface area contributed by atoms with E-state index >= 15 is 0 Å². The van der Waals surface area contributed by atoms with Gasteiger partial charge in [-0.2, -0.15) is 4.31 Å². The molecule has 9 heteroatoms. The summed E-state index contributed by atoms with van der Waals surface area (Å²) in [4.78, 5) is 24.1. The Kier molecular flexibility index (Phi) is 6.31. The molecule has 1 heterocycles. The Labute approximate surface area is 158 Å². The summed E-state index contributed by atoms with van der Waals surface area (Å²) in [5.74, 6) is -1.20. The maximum absolute atomic E-state index is 12.9. The molecule has 26 heavy (non-hydrogen) atoms. The van der Waals surface area contributed by atoms with Gasteiger partial charge in [-0.3, -0.25) is 4.79 Å². The zero-order valence-corrected chi connectivity index (χ0v) is 16.6. The lowest BCUT2D eigenvalue weighted by Crippen LogP contribution is -2.50. The molecule has 0 spiro atoms. The lowest BCUT2D eigenvalue weighted by molar-refractivity contribution is -0.146. The molecule has 0 saturated carbocycles. The van der Waals surface area contributed by atoms with Gasteiger partial charge in [0.1, 0.15) is 10.4 Å². The minimum absolute atomic E-state index is 0.0550. The van der Waals surface area contributed by atoms with Gasteiger partial charge in [0.2, 0.25) is 10.0 Å². The number of halogens is 1. The first-order valence-electron chi connectivity index (χ1n) is 8.30. The normalized spacial score (nSPS) is 16.2. The molecule has 144 valence electrons. The predicted molar refractivity (Wildman–Crippen MR) is 97.6 cm³/mol. The van der Waals surface area contributed by atoms with Gasteiger partial charge in [-0.15, -0.1) is 0 Å². The largest absolute Gasteiger partial charge is 0.467 e. The van der Waals surface area contributed by atoms with Crippen LogP contribution in [0.1, 0.15) is 43.5 Å². The lowest BCUT2D eigenvalue weighted by atomic mass is 10.1. The van der Waals surface area contributed by atoms with Crippen LogP contribution in [0.25, 0.3) is 0 Å². The van der Waals surface area contributed by atoms with E-state index in [9.17, 15) is 18.0 Å². The number of amides is 1. The molecule has 0 aromatic heterocycles. The maximum atomic E-state index is 12.9. The number of piperidine rings is 1. The third kappa shape index (κ3) is 4.36. The number of methoxy groups -OCH3 is 1. The van der Waals surface area contributed by atoms with E-state index in [-0.39, 0.29) is 15.5 Å². The Bertz CT molecular complexity index is 801. The van der Waals surface area contributed by atoms with Gasteiger partial charge in [-0.05, 0) is 44.9 Å². The molecule has 1 amide bonds. The van der Waals surface area contributed by atoms with Crippen molar-refractivity contribution in [1.82, 2.24) is 9.62 Å². The topological polar surface area (TPSA) is 92.8 Å². The van der Waals surface area contributed by atoms with Crippen LogP contribution in [0.15, 0.2) is 23.1 Å². The molecule has 1 aliphatic rings. The highest BCUT2D eigenvalue weighted by Crippen LogP contribution is 2.28. The number of sulfonamides is 1. The van der Waals surface area contributed by atoms with Crippen molar-refractivity contribution in [3.63, 3.8) is 0 Å². The Hall–Kier alpha value is -1.64. The highest BCUT2D eigenvalue weighted by Gasteiger charge is 2.32. The molecule has 7 nitrogen and oxygen atoms in total. The molecule has 2 rings (SSSR count). The number of ether oxygens (including phenoxy) is 1. The average Bonchev–Trinajstić information content (AvgIpc) is 2.61. The summed E-state index contributed by atoms with van der Waals surface area (Å²) >= 11 is 6.10. The summed E-state index contributed by atoms with van der Waals surface area (Å²) < 4.78 is 31.8. The van der Waals surface area contributed by atoms with Gasteiger partial charge in [0.15, 0.2) is 0 Å². The van der Waals surface area contributed by atoms with E-state index in [1.54, 1.807) is 0 Å². The van der Waals surface area contributed by atoms with Crippen molar-refractivity contribution >= 4 is 33.5 Å². The first kappa shape index (κ1) is 20.7. The Morgan fingerprint density at radius 2 is 1.81 bits per heavy atom. The van der Waals surface area contributed by atoms with E-state index in [0.717, 1.165) is 19.3 Å². The molecule has 0 aliphatic carbocycles. The molecule has 0 radical (unpaired) electrons. The van der Waals surface area contributed by atoms with Crippen LogP contribution in [0, 0.1) is 0 Å². The summed E-state index contributed by atoms with van der Waals surface area (Å²) in [7, 11) is -2.56. The fraction of sp³-hybridized carbons (Fsp3) is 0.529.